The lowest BCUT2D eigenvalue weighted by molar-refractivity contribution is -0.167. The van der Waals surface area contributed by atoms with Crippen molar-refractivity contribution in [1.82, 2.24) is 4.98 Å². The summed E-state index contributed by atoms with van der Waals surface area (Å²) in [6.07, 6.45) is 6.86. The van der Waals surface area contributed by atoms with Crippen molar-refractivity contribution in [1.29, 1.82) is 0 Å². The Morgan fingerprint density at radius 3 is 2.54 bits per heavy atom. The quantitative estimate of drug-likeness (QED) is 0.227. The van der Waals surface area contributed by atoms with E-state index in [0.717, 1.165) is 32.1 Å². The summed E-state index contributed by atoms with van der Waals surface area (Å²) >= 11 is 0. The smallest absolute Gasteiger partial charge is 0.302 e. The van der Waals surface area contributed by atoms with Crippen molar-refractivity contribution in [3.8, 4) is 0 Å². The van der Waals surface area contributed by atoms with Crippen molar-refractivity contribution < 1.29 is 24.2 Å². The van der Waals surface area contributed by atoms with Gasteiger partial charge in [-0.25, -0.2) is 0 Å². The summed E-state index contributed by atoms with van der Waals surface area (Å²) in [5.74, 6) is -0.178. The molecule has 1 aromatic heterocycles. The Morgan fingerprint density at radius 1 is 1.14 bits per heavy atom. The monoisotopic (exact) mass is 512 g/mol. The number of pyridine rings is 1. The van der Waals surface area contributed by atoms with E-state index in [-0.39, 0.29) is 53.7 Å². The lowest BCUT2D eigenvalue weighted by Gasteiger charge is -2.58. The van der Waals surface area contributed by atoms with Crippen LogP contribution in [0, 0.1) is 34.5 Å². The number of hydrogen-bond acceptors (Lipinski definition) is 7. The molecule has 0 bridgehead atoms. The van der Waals surface area contributed by atoms with E-state index in [1.807, 2.05) is 18.2 Å². The van der Waals surface area contributed by atoms with Gasteiger partial charge in [-0.05, 0) is 85.8 Å². The zero-order valence-corrected chi connectivity index (χ0v) is 22.4. The van der Waals surface area contributed by atoms with E-state index in [1.54, 1.807) is 6.20 Å². The maximum Gasteiger partial charge on any atom is 0.302 e. The number of fused-ring (bicyclic) bond motifs is 1. The van der Waals surface area contributed by atoms with E-state index in [4.69, 9.17) is 9.47 Å². The molecule has 0 saturated heterocycles. The van der Waals surface area contributed by atoms with E-state index < -0.39 is 11.0 Å². The number of aromatic nitrogens is 1. The number of ether oxygens (including phenoxy) is 2. The number of rotatable bonds is 7. The first-order valence-electron chi connectivity index (χ1n) is 13.5. The molecule has 3 aliphatic rings. The van der Waals surface area contributed by atoms with Crippen LogP contribution in [-0.2, 0) is 24.7 Å². The second-order valence-electron chi connectivity index (χ2n) is 11.9. The fourth-order valence-corrected chi connectivity index (χ4v) is 8.22. The molecule has 0 spiro atoms. The molecule has 3 saturated carbocycles. The number of carbonyl (C=O) groups is 2. The van der Waals surface area contributed by atoms with Crippen molar-refractivity contribution in [3.63, 3.8) is 0 Å². The first kappa shape index (κ1) is 27.4. The van der Waals surface area contributed by atoms with E-state index >= 15 is 0 Å². The highest BCUT2D eigenvalue weighted by atomic mass is 16.5. The van der Waals surface area contributed by atoms with Crippen LogP contribution in [0.25, 0.3) is 10.4 Å². The molecule has 0 radical (unpaired) electrons. The normalized spacial score (nSPS) is 39.2. The molecule has 37 heavy (non-hydrogen) atoms. The van der Waals surface area contributed by atoms with Crippen molar-refractivity contribution in [2.45, 2.75) is 84.3 Å². The van der Waals surface area contributed by atoms with Crippen LogP contribution in [0.3, 0.4) is 0 Å². The third-order valence-corrected chi connectivity index (χ3v) is 10.2. The van der Waals surface area contributed by atoms with E-state index in [9.17, 15) is 20.2 Å². The van der Waals surface area contributed by atoms with Crippen LogP contribution in [0.1, 0.15) is 78.3 Å². The van der Waals surface area contributed by atoms with E-state index in [0.29, 0.717) is 25.1 Å². The van der Waals surface area contributed by atoms with Crippen molar-refractivity contribution in [2.24, 2.45) is 39.6 Å². The molecule has 4 rings (SSSR count). The molecule has 202 valence electrons. The predicted octanol–water partition coefficient (Wildman–Crippen LogP) is 5.32. The van der Waals surface area contributed by atoms with Gasteiger partial charge in [-0.2, -0.15) is 0 Å². The summed E-state index contributed by atoms with van der Waals surface area (Å²) in [5, 5.41) is 16.1. The number of nitrogens with zero attached hydrogens (tertiary/aromatic N) is 4. The molecule has 9 heteroatoms. The minimum atomic E-state index is -1.04. The SMILES string of the molecule is CC(=O)OC[C@H]1C[C@@H](OC(C)=O)CC[C@]1(C)[C@H]1CC[C@@]2(C)[C@@H](CC[C@@]2(O)c2ccccn2)[C@@H]1CN=[N+]=[N-]. The third-order valence-electron chi connectivity index (χ3n) is 10.2. The van der Waals surface area contributed by atoms with Gasteiger partial charge in [-0.3, -0.25) is 14.6 Å². The maximum absolute atomic E-state index is 12.1. The number of azide groups is 1. The second-order valence-corrected chi connectivity index (χ2v) is 11.9. The molecule has 3 aliphatic carbocycles. The lowest BCUT2D eigenvalue weighted by Crippen LogP contribution is -2.55. The van der Waals surface area contributed by atoms with Crippen molar-refractivity contribution >= 4 is 11.9 Å². The zero-order chi connectivity index (χ0) is 26.8. The Hall–Kier alpha value is -2.64. The summed E-state index contributed by atoms with van der Waals surface area (Å²) in [6.45, 7) is 7.92. The van der Waals surface area contributed by atoms with Crippen molar-refractivity contribution in [2.75, 3.05) is 13.2 Å². The zero-order valence-electron chi connectivity index (χ0n) is 22.4. The number of hydrogen-bond donors (Lipinski definition) is 1. The topological polar surface area (TPSA) is 134 Å². The molecule has 0 aliphatic heterocycles. The third kappa shape index (κ3) is 4.96. The van der Waals surface area contributed by atoms with Gasteiger partial charge in [-0.15, -0.1) is 0 Å². The van der Waals surface area contributed by atoms with E-state index in [2.05, 4.69) is 28.9 Å². The van der Waals surface area contributed by atoms with Crippen LogP contribution >= 0.6 is 0 Å². The minimum absolute atomic E-state index is 0.00787. The summed E-state index contributed by atoms with van der Waals surface area (Å²) in [7, 11) is 0. The molecule has 9 nitrogen and oxygen atoms in total. The molecular weight excluding hydrogens is 472 g/mol. The Labute approximate surface area is 219 Å². The summed E-state index contributed by atoms with van der Waals surface area (Å²) < 4.78 is 11.1. The van der Waals surface area contributed by atoms with Crippen LogP contribution in [0.4, 0.5) is 0 Å². The Bertz CT molecular complexity index is 1050. The first-order valence-corrected chi connectivity index (χ1v) is 13.5. The second kappa shape index (κ2) is 10.6. The highest BCUT2D eigenvalue weighted by molar-refractivity contribution is 5.66. The fraction of sp³-hybridized carbons (Fsp3) is 0.750. The molecule has 3 fully saturated rings. The Balaban J connectivity index is 1.67. The van der Waals surface area contributed by atoms with Gasteiger partial charge in [0.05, 0.1) is 12.3 Å². The lowest BCUT2D eigenvalue weighted by atomic mass is 9.48. The van der Waals surface area contributed by atoms with E-state index in [1.165, 1.54) is 13.8 Å². The fourth-order valence-electron chi connectivity index (χ4n) is 8.22. The van der Waals surface area contributed by atoms with Crippen LogP contribution in [0.2, 0.25) is 0 Å². The van der Waals surface area contributed by atoms with Crippen LogP contribution in [0.15, 0.2) is 29.5 Å². The largest absolute Gasteiger partial charge is 0.466 e. The van der Waals surface area contributed by atoms with Gasteiger partial charge in [-0.1, -0.05) is 25.0 Å². The Kier molecular flexibility index (Phi) is 7.86. The Morgan fingerprint density at radius 2 is 1.89 bits per heavy atom. The average molecular weight is 513 g/mol. The summed E-state index contributed by atoms with van der Waals surface area (Å²) in [6, 6.07) is 5.69. The summed E-state index contributed by atoms with van der Waals surface area (Å²) in [5.41, 5.74) is 8.33. The predicted molar refractivity (Wildman–Crippen MR) is 137 cm³/mol. The molecular formula is C28H40N4O5. The van der Waals surface area contributed by atoms with Crippen LogP contribution in [0.5, 0.6) is 0 Å². The molecule has 0 aromatic carbocycles. The molecule has 1 N–H and O–H groups in total. The summed E-state index contributed by atoms with van der Waals surface area (Å²) in [4.78, 5) is 31.1. The number of esters is 2. The van der Waals surface area contributed by atoms with Gasteiger partial charge < -0.3 is 14.6 Å². The molecule has 1 aromatic rings. The van der Waals surface area contributed by atoms with Gasteiger partial charge in [0, 0.05) is 42.8 Å². The standard InChI is InChI=1S/C28H40N4O5/c1-18(33)36-17-20-15-21(37-19(2)34)8-11-26(20,3)23-9-12-27(4)24(22(23)16-31-32-29)10-13-28(27,35)25-7-5-6-14-30-25/h5-7,14,20-24,35H,8-13,15-17H2,1-4H3/t20-,21+,22-,23+,24+,26+,27+,28-/m1/s1. The van der Waals surface area contributed by atoms with Crippen molar-refractivity contribution in [3.05, 3.63) is 40.5 Å². The average Bonchev–Trinajstić information content (AvgIpc) is 3.14. The number of aliphatic hydroxyl groups is 1. The highest BCUT2D eigenvalue weighted by Crippen LogP contribution is 2.67. The van der Waals surface area contributed by atoms with Gasteiger partial charge in [0.2, 0.25) is 0 Å². The van der Waals surface area contributed by atoms with Gasteiger partial charge in [0.25, 0.3) is 0 Å². The molecule has 8 atom stereocenters. The van der Waals surface area contributed by atoms with Gasteiger partial charge >= 0.3 is 11.9 Å². The minimum Gasteiger partial charge on any atom is -0.466 e. The van der Waals surface area contributed by atoms with Gasteiger partial charge in [0.1, 0.15) is 11.7 Å². The first-order chi connectivity index (χ1) is 17.5. The number of carbonyl (C=O) groups excluding carboxylic acids is 2. The van der Waals surface area contributed by atoms with Crippen LogP contribution < -0.4 is 0 Å². The highest BCUT2D eigenvalue weighted by Gasteiger charge is 2.64. The molecule has 1 heterocycles. The van der Waals surface area contributed by atoms with Gasteiger partial charge in [0.15, 0.2) is 0 Å². The maximum atomic E-state index is 12.1. The molecule has 0 amide bonds. The van der Waals surface area contributed by atoms with Crippen LogP contribution in [-0.4, -0.2) is 41.3 Å². The molecule has 0 unspecified atom stereocenters.